The van der Waals surface area contributed by atoms with Crippen LogP contribution in [0.4, 0.5) is 0 Å². The topological polar surface area (TPSA) is 49.3 Å². The molecule has 0 saturated heterocycles. The summed E-state index contributed by atoms with van der Waals surface area (Å²) in [5.41, 5.74) is 3.10. The number of nitrogens with zero attached hydrogens (tertiary/aromatic N) is 1. The van der Waals surface area contributed by atoms with Gasteiger partial charge in [-0.3, -0.25) is 0 Å². The van der Waals surface area contributed by atoms with Gasteiger partial charge >= 0.3 is 0 Å². The number of hydrogen-bond acceptors (Lipinski definition) is 5. The van der Waals surface area contributed by atoms with E-state index >= 15 is 0 Å². The average molecular weight is 376 g/mol. The number of rotatable bonds is 9. The fraction of sp³-hybridized carbons (Fsp3) is 0.591. The molecule has 150 valence electrons. The highest BCUT2D eigenvalue weighted by molar-refractivity contribution is 5.82. The molecule has 5 heteroatoms. The van der Waals surface area contributed by atoms with Gasteiger partial charge in [-0.05, 0) is 76.6 Å². The van der Waals surface area contributed by atoms with Crippen LogP contribution < -0.4 is 9.47 Å². The molecular weight excluding hydrogens is 342 g/mol. The van der Waals surface area contributed by atoms with E-state index in [2.05, 4.69) is 31.1 Å². The Bertz CT molecular complexity index is 623. The summed E-state index contributed by atoms with van der Waals surface area (Å²) < 4.78 is 18.0. The Balaban J connectivity index is 1.85. The van der Waals surface area contributed by atoms with Crippen LogP contribution in [0.5, 0.6) is 11.5 Å². The van der Waals surface area contributed by atoms with Gasteiger partial charge in [0.25, 0.3) is 0 Å². The van der Waals surface area contributed by atoms with Crippen LogP contribution in [-0.4, -0.2) is 38.2 Å². The van der Waals surface area contributed by atoms with Crippen LogP contribution in [0.15, 0.2) is 29.4 Å². The Hall–Kier alpha value is -2.01. The minimum absolute atomic E-state index is 0.241. The number of aryl methyl sites for hydroxylation is 2. The summed E-state index contributed by atoms with van der Waals surface area (Å²) in [4.78, 5) is 4.76. The van der Waals surface area contributed by atoms with Crippen molar-refractivity contribution in [2.75, 3.05) is 20.3 Å². The Morgan fingerprint density at radius 2 is 1.74 bits per heavy atom. The first kappa shape index (κ1) is 21.3. The highest BCUT2D eigenvalue weighted by Gasteiger charge is 2.24. The third-order valence-electron chi connectivity index (χ3n) is 4.70. The second-order valence-electron chi connectivity index (χ2n) is 7.10. The molecule has 0 amide bonds. The van der Waals surface area contributed by atoms with Crippen molar-refractivity contribution in [3.63, 3.8) is 0 Å². The molecule has 1 aromatic rings. The van der Waals surface area contributed by atoms with Crippen LogP contribution in [0.3, 0.4) is 0 Å². The number of benzene rings is 1. The Kier molecular flexibility index (Phi) is 8.65. The lowest BCUT2D eigenvalue weighted by molar-refractivity contribution is 0.0190. The Morgan fingerprint density at radius 1 is 1.11 bits per heavy atom. The summed E-state index contributed by atoms with van der Waals surface area (Å²) >= 11 is 0. The molecule has 1 aromatic carbocycles. The molecule has 1 fully saturated rings. The smallest absolute Gasteiger partial charge is 0.125 e. The third-order valence-corrected chi connectivity index (χ3v) is 4.70. The normalized spacial score (nSPS) is 20.7. The van der Waals surface area contributed by atoms with E-state index in [4.69, 9.17) is 19.0 Å². The van der Waals surface area contributed by atoms with Crippen LogP contribution in [0.25, 0.3) is 0 Å². The molecule has 27 heavy (non-hydrogen) atoms. The van der Waals surface area contributed by atoms with E-state index in [9.17, 15) is 0 Å². The first-order valence-corrected chi connectivity index (χ1v) is 9.73. The lowest BCUT2D eigenvalue weighted by Crippen LogP contribution is -2.29. The summed E-state index contributed by atoms with van der Waals surface area (Å²) in [6, 6.07) is 4.11. The van der Waals surface area contributed by atoms with Gasteiger partial charge in [-0.1, -0.05) is 17.3 Å². The van der Waals surface area contributed by atoms with E-state index in [1.807, 2.05) is 26.0 Å². The molecule has 2 rings (SSSR count). The number of oxime groups is 1. The van der Waals surface area contributed by atoms with Gasteiger partial charge in [0.05, 0.1) is 24.5 Å². The predicted octanol–water partition coefficient (Wildman–Crippen LogP) is 4.99. The van der Waals surface area contributed by atoms with E-state index in [0.29, 0.717) is 13.2 Å². The van der Waals surface area contributed by atoms with Gasteiger partial charge in [0.1, 0.15) is 25.2 Å². The minimum atomic E-state index is 0.241. The monoisotopic (exact) mass is 375 g/mol. The molecule has 0 heterocycles. The zero-order valence-electron chi connectivity index (χ0n) is 17.3. The Morgan fingerprint density at radius 3 is 2.33 bits per heavy atom. The highest BCUT2D eigenvalue weighted by Crippen LogP contribution is 2.32. The molecule has 0 spiro atoms. The molecule has 0 radical (unpaired) electrons. The van der Waals surface area contributed by atoms with E-state index in [-0.39, 0.29) is 12.2 Å². The SMILES string of the molecule is C/C=C/COc1cc(C)c(OC2CCC(OCC(C)=NOC)CC2)c(C)c1. The lowest BCUT2D eigenvalue weighted by Gasteiger charge is -2.30. The minimum Gasteiger partial charge on any atom is -0.490 e. The third kappa shape index (κ3) is 6.90. The van der Waals surface area contributed by atoms with Crippen molar-refractivity contribution in [1.82, 2.24) is 0 Å². The van der Waals surface area contributed by atoms with Crippen LogP contribution in [0.1, 0.15) is 50.7 Å². The van der Waals surface area contributed by atoms with Crippen molar-refractivity contribution < 1.29 is 19.0 Å². The summed E-state index contributed by atoms with van der Waals surface area (Å²) in [6.45, 7) is 9.18. The zero-order valence-corrected chi connectivity index (χ0v) is 17.3. The largest absolute Gasteiger partial charge is 0.490 e. The second kappa shape index (κ2) is 11.0. The summed E-state index contributed by atoms with van der Waals surface area (Å²) in [7, 11) is 1.55. The van der Waals surface area contributed by atoms with Gasteiger partial charge in [0.15, 0.2) is 0 Å². The van der Waals surface area contributed by atoms with Crippen LogP contribution in [0, 0.1) is 13.8 Å². The van der Waals surface area contributed by atoms with Gasteiger partial charge in [0.2, 0.25) is 0 Å². The van der Waals surface area contributed by atoms with Gasteiger partial charge in [-0.2, -0.15) is 0 Å². The van der Waals surface area contributed by atoms with E-state index in [1.54, 1.807) is 7.11 Å². The number of ether oxygens (including phenoxy) is 3. The van der Waals surface area contributed by atoms with Crippen LogP contribution in [-0.2, 0) is 9.57 Å². The predicted molar refractivity (Wildman–Crippen MR) is 109 cm³/mol. The summed E-state index contributed by atoms with van der Waals surface area (Å²) in [5, 5.41) is 3.88. The molecule has 1 saturated carbocycles. The Labute approximate surface area is 163 Å². The lowest BCUT2D eigenvalue weighted by atomic mass is 9.94. The fourth-order valence-electron chi connectivity index (χ4n) is 3.32. The van der Waals surface area contributed by atoms with Gasteiger partial charge in [-0.15, -0.1) is 0 Å². The highest BCUT2D eigenvalue weighted by atomic mass is 16.6. The van der Waals surface area contributed by atoms with Gasteiger partial charge in [0, 0.05) is 0 Å². The van der Waals surface area contributed by atoms with Crippen molar-refractivity contribution in [3.8, 4) is 11.5 Å². The maximum atomic E-state index is 6.34. The van der Waals surface area contributed by atoms with Crippen LogP contribution in [0.2, 0.25) is 0 Å². The van der Waals surface area contributed by atoms with Crippen molar-refractivity contribution >= 4 is 5.71 Å². The summed E-state index contributed by atoms with van der Waals surface area (Å²) in [5.74, 6) is 1.88. The second-order valence-corrected chi connectivity index (χ2v) is 7.10. The average Bonchev–Trinajstić information content (AvgIpc) is 2.64. The number of hydrogen-bond donors (Lipinski definition) is 0. The molecular formula is C22H33NO4. The summed E-state index contributed by atoms with van der Waals surface area (Å²) in [6.07, 6.45) is 8.53. The number of allylic oxidation sites excluding steroid dienone is 1. The first-order chi connectivity index (χ1) is 13.0. The molecule has 0 unspecified atom stereocenters. The fourth-order valence-corrected chi connectivity index (χ4v) is 3.32. The maximum Gasteiger partial charge on any atom is 0.125 e. The quantitative estimate of drug-likeness (QED) is 0.347. The molecule has 0 aromatic heterocycles. The maximum absolute atomic E-state index is 6.34. The van der Waals surface area contributed by atoms with Crippen LogP contribution >= 0.6 is 0 Å². The molecule has 0 N–H and O–H groups in total. The first-order valence-electron chi connectivity index (χ1n) is 9.73. The molecule has 1 aliphatic rings. The van der Waals surface area contributed by atoms with E-state index in [0.717, 1.165) is 54.0 Å². The van der Waals surface area contributed by atoms with Crippen molar-refractivity contribution in [2.24, 2.45) is 5.16 Å². The molecule has 5 nitrogen and oxygen atoms in total. The molecule has 0 aliphatic heterocycles. The van der Waals surface area contributed by atoms with E-state index < -0.39 is 0 Å². The zero-order chi connectivity index (χ0) is 19.6. The van der Waals surface area contributed by atoms with Crippen molar-refractivity contribution in [1.29, 1.82) is 0 Å². The standard InChI is InChI=1S/C22H33NO4/c1-6-7-12-25-21-13-16(2)22(17(3)14-21)27-20-10-8-19(9-11-20)26-15-18(4)23-24-5/h6-7,13-14,19-20H,8-12,15H2,1-5H3/b7-6+,23-18?. The molecule has 1 aliphatic carbocycles. The molecule has 0 bridgehead atoms. The van der Waals surface area contributed by atoms with Gasteiger partial charge < -0.3 is 19.0 Å². The van der Waals surface area contributed by atoms with Crippen molar-refractivity contribution in [3.05, 3.63) is 35.4 Å². The van der Waals surface area contributed by atoms with Crippen molar-refractivity contribution in [2.45, 2.75) is 65.6 Å². The molecule has 0 atom stereocenters. The van der Waals surface area contributed by atoms with E-state index in [1.165, 1.54) is 0 Å². The van der Waals surface area contributed by atoms with Gasteiger partial charge in [-0.25, -0.2) is 0 Å².